The highest BCUT2D eigenvalue weighted by Gasteiger charge is 2.12. The van der Waals surface area contributed by atoms with Crippen molar-refractivity contribution in [2.45, 2.75) is 40.5 Å². The number of carbonyl (C=O) groups is 1. The van der Waals surface area contributed by atoms with Crippen LogP contribution in [0.5, 0.6) is 0 Å². The fourth-order valence-corrected chi connectivity index (χ4v) is 1.43. The van der Waals surface area contributed by atoms with Crippen molar-refractivity contribution in [2.24, 2.45) is 5.41 Å². The van der Waals surface area contributed by atoms with E-state index in [0.29, 0.717) is 18.1 Å². The molecule has 1 amide bonds. The molecule has 0 aliphatic carbocycles. The number of hydrogen-bond donors (Lipinski definition) is 2. The predicted octanol–water partition coefficient (Wildman–Crippen LogP) is 2.46. The second-order valence-corrected chi connectivity index (χ2v) is 5.78. The monoisotopic (exact) mass is 264 g/mol. The Bertz CT molecular complexity index is 395. The molecule has 0 radical (unpaired) electrons. The van der Waals surface area contributed by atoms with Crippen LogP contribution < -0.4 is 10.6 Å². The SMILES string of the molecule is CCCNc1cnc(C(=O)NCCC(C)(C)C)cn1. The van der Waals surface area contributed by atoms with E-state index in [1.165, 1.54) is 6.20 Å². The highest BCUT2D eigenvalue weighted by atomic mass is 16.1. The zero-order chi connectivity index (χ0) is 14.3. The number of carbonyl (C=O) groups excluding carboxylic acids is 1. The van der Waals surface area contributed by atoms with Crippen molar-refractivity contribution in [3.05, 3.63) is 18.1 Å². The molecule has 106 valence electrons. The maximum atomic E-state index is 11.8. The topological polar surface area (TPSA) is 66.9 Å². The Morgan fingerprint density at radius 2 is 1.95 bits per heavy atom. The molecule has 0 unspecified atom stereocenters. The smallest absolute Gasteiger partial charge is 0.271 e. The molecule has 0 bridgehead atoms. The van der Waals surface area contributed by atoms with Crippen LogP contribution in [0.25, 0.3) is 0 Å². The molecule has 0 fully saturated rings. The molecule has 1 heterocycles. The third kappa shape index (κ3) is 6.18. The third-order valence-electron chi connectivity index (χ3n) is 2.60. The van der Waals surface area contributed by atoms with Gasteiger partial charge < -0.3 is 10.6 Å². The van der Waals surface area contributed by atoms with Gasteiger partial charge in [0.2, 0.25) is 0 Å². The van der Waals surface area contributed by atoms with Gasteiger partial charge in [-0.1, -0.05) is 27.7 Å². The van der Waals surface area contributed by atoms with Crippen LogP contribution in [0.4, 0.5) is 5.82 Å². The second-order valence-electron chi connectivity index (χ2n) is 5.78. The standard InChI is InChI=1S/C14H24N4O/c1-5-7-15-12-10-17-11(9-18-12)13(19)16-8-6-14(2,3)4/h9-10H,5-8H2,1-4H3,(H,15,18)(H,16,19). The molecule has 5 nitrogen and oxygen atoms in total. The van der Waals surface area contributed by atoms with Crippen LogP contribution in [0.1, 0.15) is 51.0 Å². The van der Waals surface area contributed by atoms with Gasteiger partial charge in [-0.2, -0.15) is 0 Å². The van der Waals surface area contributed by atoms with E-state index in [2.05, 4.69) is 48.3 Å². The van der Waals surface area contributed by atoms with Gasteiger partial charge in [0.1, 0.15) is 11.5 Å². The number of amides is 1. The average molecular weight is 264 g/mol. The Morgan fingerprint density at radius 3 is 2.47 bits per heavy atom. The first-order valence-corrected chi connectivity index (χ1v) is 6.76. The molecule has 0 atom stereocenters. The molecule has 0 saturated carbocycles. The summed E-state index contributed by atoms with van der Waals surface area (Å²) >= 11 is 0. The van der Waals surface area contributed by atoms with Crippen LogP contribution in [0.2, 0.25) is 0 Å². The molecule has 1 rings (SSSR count). The highest BCUT2D eigenvalue weighted by molar-refractivity contribution is 5.91. The Balaban J connectivity index is 2.44. The summed E-state index contributed by atoms with van der Waals surface area (Å²) in [6.45, 7) is 10.0. The summed E-state index contributed by atoms with van der Waals surface area (Å²) in [5.74, 6) is 0.534. The number of nitrogens with one attached hydrogen (secondary N) is 2. The largest absolute Gasteiger partial charge is 0.369 e. The van der Waals surface area contributed by atoms with Crippen LogP contribution in [0.15, 0.2) is 12.4 Å². The van der Waals surface area contributed by atoms with Crippen LogP contribution in [0.3, 0.4) is 0 Å². The summed E-state index contributed by atoms with van der Waals surface area (Å²) in [4.78, 5) is 20.1. The fraction of sp³-hybridized carbons (Fsp3) is 0.643. The lowest BCUT2D eigenvalue weighted by molar-refractivity contribution is 0.0944. The van der Waals surface area contributed by atoms with E-state index < -0.39 is 0 Å². The van der Waals surface area contributed by atoms with E-state index in [1.807, 2.05) is 0 Å². The Morgan fingerprint density at radius 1 is 1.21 bits per heavy atom. The van der Waals surface area contributed by atoms with Gasteiger partial charge in [0.15, 0.2) is 0 Å². The molecule has 19 heavy (non-hydrogen) atoms. The molecule has 0 aromatic carbocycles. The van der Waals surface area contributed by atoms with Crippen LogP contribution in [0, 0.1) is 5.41 Å². The molecule has 0 saturated heterocycles. The van der Waals surface area contributed by atoms with Gasteiger partial charge in [-0.15, -0.1) is 0 Å². The van der Waals surface area contributed by atoms with Crippen molar-refractivity contribution in [2.75, 3.05) is 18.4 Å². The Labute approximate surface area is 115 Å². The second kappa shape index (κ2) is 7.07. The maximum Gasteiger partial charge on any atom is 0.271 e. The number of hydrogen-bond acceptors (Lipinski definition) is 4. The molecule has 2 N–H and O–H groups in total. The quantitative estimate of drug-likeness (QED) is 0.828. The Hall–Kier alpha value is -1.65. The van der Waals surface area contributed by atoms with Crippen molar-refractivity contribution in [1.82, 2.24) is 15.3 Å². The van der Waals surface area contributed by atoms with Crippen LogP contribution in [-0.2, 0) is 0 Å². The fourth-order valence-electron chi connectivity index (χ4n) is 1.43. The van der Waals surface area contributed by atoms with Crippen molar-refractivity contribution in [1.29, 1.82) is 0 Å². The van der Waals surface area contributed by atoms with Gasteiger partial charge in [0.25, 0.3) is 5.91 Å². The van der Waals surface area contributed by atoms with Crippen molar-refractivity contribution in [3.63, 3.8) is 0 Å². The van der Waals surface area contributed by atoms with Crippen molar-refractivity contribution in [3.8, 4) is 0 Å². The number of rotatable bonds is 6. The number of anilines is 1. The van der Waals surface area contributed by atoms with Gasteiger partial charge >= 0.3 is 0 Å². The van der Waals surface area contributed by atoms with E-state index in [4.69, 9.17) is 0 Å². The van der Waals surface area contributed by atoms with Gasteiger partial charge in [-0.05, 0) is 18.3 Å². The highest BCUT2D eigenvalue weighted by Crippen LogP contribution is 2.16. The molecule has 0 aliphatic rings. The normalized spacial score (nSPS) is 11.2. The van der Waals surface area contributed by atoms with Crippen LogP contribution in [-0.4, -0.2) is 29.0 Å². The molecular formula is C14H24N4O. The molecule has 1 aromatic rings. The average Bonchev–Trinajstić information content (AvgIpc) is 2.35. The summed E-state index contributed by atoms with van der Waals surface area (Å²) in [5.41, 5.74) is 0.573. The number of aromatic nitrogens is 2. The zero-order valence-corrected chi connectivity index (χ0v) is 12.3. The Kier molecular flexibility index (Phi) is 5.73. The lowest BCUT2D eigenvalue weighted by Crippen LogP contribution is -2.28. The van der Waals surface area contributed by atoms with E-state index in [0.717, 1.165) is 19.4 Å². The molecule has 0 spiro atoms. The summed E-state index contributed by atoms with van der Waals surface area (Å²) in [6.07, 6.45) is 5.05. The summed E-state index contributed by atoms with van der Waals surface area (Å²) in [6, 6.07) is 0. The van der Waals surface area contributed by atoms with E-state index in [1.54, 1.807) is 6.20 Å². The lowest BCUT2D eigenvalue weighted by atomic mass is 9.92. The van der Waals surface area contributed by atoms with Crippen molar-refractivity contribution < 1.29 is 4.79 Å². The molecular weight excluding hydrogens is 240 g/mol. The summed E-state index contributed by atoms with van der Waals surface area (Å²) in [5, 5.41) is 5.97. The predicted molar refractivity (Wildman–Crippen MR) is 77.2 cm³/mol. The molecule has 5 heteroatoms. The molecule has 0 aliphatic heterocycles. The zero-order valence-electron chi connectivity index (χ0n) is 12.3. The minimum atomic E-state index is -0.168. The summed E-state index contributed by atoms with van der Waals surface area (Å²) < 4.78 is 0. The minimum absolute atomic E-state index is 0.168. The molecule has 1 aromatic heterocycles. The van der Waals surface area contributed by atoms with Crippen LogP contribution >= 0.6 is 0 Å². The van der Waals surface area contributed by atoms with E-state index in [-0.39, 0.29) is 11.3 Å². The van der Waals surface area contributed by atoms with Gasteiger partial charge in [0.05, 0.1) is 12.4 Å². The summed E-state index contributed by atoms with van der Waals surface area (Å²) in [7, 11) is 0. The van der Waals surface area contributed by atoms with E-state index in [9.17, 15) is 4.79 Å². The van der Waals surface area contributed by atoms with Gasteiger partial charge in [-0.3, -0.25) is 4.79 Å². The minimum Gasteiger partial charge on any atom is -0.369 e. The lowest BCUT2D eigenvalue weighted by Gasteiger charge is -2.17. The maximum absolute atomic E-state index is 11.8. The number of nitrogens with zero attached hydrogens (tertiary/aromatic N) is 2. The first-order chi connectivity index (χ1) is 8.92. The van der Waals surface area contributed by atoms with Crippen molar-refractivity contribution >= 4 is 11.7 Å². The first kappa shape index (κ1) is 15.4. The van der Waals surface area contributed by atoms with Gasteiger partial charge in [0, 0.05) is 13.1 Å². The first-order valence-electron chi connectivity index (χ1n) is 6.76. The van der Waals surface area contributed by atoms with Gasteiger partial charge in [-0.25, -0.2) is 9.97 Å². The van der Waals surface area contributed by atoms with E-state index >= 15 is 0 Å². The third-order valence-corrected chi connectivity index (χ3v) is 2.60.